The Morgan fingerprint density at radius 3 is 2.51 bits per heavy atom. The average molecular weight is 658 g/mol. The Kier molecular flexibility index (Phi) is 10.4. The van der Waals surface area contributed by atoms with Crippen molar-refractivity contribution in [3.63, 3.8) is 0 Å². The standard InChI is InChI=1S/C29H28IN3O5S/c1-3-37-15-14-33-28(35)25(39-29(33)32-22-12-8-5-9-13-22)18-20-16-23(30)27(24(17-20)36-2)38-19-26(34)31-21-10-6-4-7-11-21/h4-13,16-18H,3,14-15,19H2,1-2H3,(H,31,34)/b25-18-,32-29?. The largest absolute Gasteiger partial charge is 0.493 e. The van der Waals surface area contributed by atoms with Crippen molar-refractivity contribution < 1.29 is 23.8 Å². The summed E-state index contributed by atoms with van der Waals surface area (Å²) in [5.74, 6) is 0.499. The van der Waals surface area contributed by atoms with E-state index in [1.807, 2.05) is 67.6 Å². The van der Waals surface area contributed by atoms with E-state index in [4.69, 9.17) is 19.2 Å². The maximum atomic E-state index is 13.3. The van der Waals surface area contributed by atoms with Gasteiger partial charge in [0.15, 0.2) is 23.3 Å². The number of methoxy groups -OCH3 is 1. The number of nitrogens with zero attached hydrogens (tertiary/aromatic N) is 2. The van der Waals surface area contributed by atoms with Crippen LogP contribution in [0.2, 0.25) is 0 Å². The van der Waals surface area contributed by atoms with Gasteiger partial charge >= 0.3 is 0 Å². The number of amidine groups is 1. The summed E-state index contributed by atoms with van der Waals surface area (Å²) in [7, 11) is 1.54. The van der Waals surface area contributed by atoms with Gasteiger partial charge in [-0.05, 0) is 89.3 Å². The number of carbonyl (C=O) groups excluding carboxylic acids is 2. The van der Waals surface area contributed by atoms with E-state index in [0.717, 1.165) is 14.8 Å². The van der Waals surface area contributed by atoms with Crippen LogP contribution in [-0.4, -0.2) is 55.4 Å². The van der Waals surface area contributed by atoms with Crippen molar-refractivity contribution in [2.75, 3.05) is 38.8 Å². The molecule has 0 aromatic heterocycles. The number of nitrogens with one attached hydrogen (secondary N) is 1. The average Bonchev–Trinajstić information content (AvgIpc) is 3.22. The molecule has 1 heterocycles. The monoisotopic (exact) mass is 657 g/mol. The smallest absolute Gasteiger partial charge is 0.266 e. The van der Waals surface area contributed by atoms with E-state index in [1.165, 1.54) is 18.9 Å². The number of ether oxygens (including phenoxy) is 3. The third kappa shape index (κ3) is 7.84. The molecule has 4 rings (SSSR count). The minimum atomic E-state index is -0.282. The van der Waals surface area contributed by atoms with Crippen LogP contribution in [-0.2, 0) is 14.3 Å². The first kappa shape index (κ1) is 28.7. The molecule has 1 fully saturated rings. The van der Waals surface area contributed by atoms with Gasteiger partial charge < -0.3 is 19.5 Å². The molecule has 3 aromatic carbocycles. The fraction of sp³-hybridized carbons (Fsp3) is 0.207. The zero-order valence-corrected chi connectivity index (χ0v) is 24.5. The van der Waals surface area contributed by atoms with Gasteiger partial charge in [-0.25, -0.2) is 4.99 Å². The highest BCUT2D eigenvalue weighted by atomic mass is 127. The number of carbonyl (C=O) groups is 2. The Balaban J connectivity index is 1.53. The number of hydrogen-bond donors (Lipinski definition) is 1. The molecule has 0 radical (unpaired) electrons. The molecule has 2 amide bonds. The molecule has 0 aliphatic carbocycles. The topological polar surface area (TPSA) is 89.5 Å². The number of benzene rings is 3. The SMILES string of the molecule is CCOCCN1C(=O)/C(=C/c2cc(I)c(OCC(=O)Nc3ccccc3)c(OC)c2)SC1=Nc1ccccc1. The summed E-state index contributed by atoms with van der Waals surface area (Å²) in [4.78, 5) is 32.6. The highest BCUT2D eigenvalue weighted by Crippen LogP contribution is 2.38. The van der Waals surface area contributed by atoms with Crippen LogP contribution in [0, 0.1) is 3.57 Å². The van der Waals surface area contributed by atoms with E-state index >= 15 is 0 Å². The maximum absolute atomic E-state index is 13.3. The summed E-state index contributed by atoms with van der Waals surface area (Å²) in [5.41, 5.74) is 2.22. The van der Waals surface area contributed by atoms with Crippen molar-refractivity contribution >= 4 is 68.8 Å². The highest BCUT2D eigenvalue weighted by molar-refractivity contribution is 14.1. The third-order valence-corrected chi connectivity index (χ3v) is 7.29. The molecule has 0 spiro atoms. The number of aliphatic imine (C=N–C) groups is 1. The van der Waals surface area contributed by atoms with E-state index in [0.29, 0.717) is 47.0 Å². The normalized spacial score (nSPS) is 15.2. The number of thioether (sulfide) groups is 1. The summed E-state index contributed by atoms with van der Waals surface area (Å²) < 4.78 is 17.6. The second-order valence-corrected chi connectivity index (χ2v) is 10.4. The van der Waals surface area contributed by atoms with Crippen LogP contribution >= 0.6 is 34.4 Å². The number of anilines is 1. The Bertz CT molecular complexity index is 1370. The third-order valence-electron chi connectivity index (χ3n) is 5.49. The Morgan fingerprint density at radius 1 is 1.10 bits per heavy atom. The van der Waals surface area contributed by atoms with Crippen molar-refractivity contribution in [3.8, 4) is 11.5 Å². The molecule has 1 aliphatic heterocycles. The molecule has 3 aromatic rings. The van der Waals surface area contributed by atoms with Crippen molar-refractivity contribution in [2.45, 2.75) is 6.92 Å². The second kappa shape index (κ2) is 14.2. The van der Waals surface area contributed by atoms with Crippen LogP contribution in [0.25, 0.3) is 6.08 Å². The van der Waals surface area contributed by atoms with Crippen molar-refractivity contribution in [3.05, 3.63) is 86.8 Å². The van der Waals surface area contributed by atoms with Gasteiger partial charge in [-0.3, -0.25) is 14.5 Å². The van der Waals surface area contributed by atoms with Gasteiger partial charge in [0.2, 0.25) is 0 Å². The van der Waals surface area contributed by atoms with Gasteiger partial charge in [-0.2, -0.15) is 0 Å². The predicted molar refractivity (Wildman–Crippen MR) is 164 cm³/mol. The van der Waals surface area contributed by atoms with Gasteiger partial charge in [0, 0.05) is 12.3 Å². The molecule has 0 saturated carbocycles. The highest BCUT2D eigenvalue weighted by Gasteiger charge is 2.33. The maximum Gasteiger partial charge on any atom is 0.266 e. The first-order valence-corrected chi connectivity index (χ1v) is 14.2. The van der Waals surface area contributed by atoms with Gasteiger partial charge in [0.25, 0.3) is 11.8 Å². The molecular formula is C29H28IN3O5S. The van der Waals surface area contributed by atoms with Gasteiger partial charge in [-0.1, -0.05) is 36.4 Å². The van der Waals surface area contributed by atoms with Crippen LogP contribution in [0.4, 0.5) is 11.4 Å². The van der Waals surface area contributed by atoms with E-state index in [-0.39, 0.29) is 18.4 Å². The number of amides is 2. The minimum absolute atomic E-state index is 0.138. The van der Waals surface area contributed by atoms with E-state index in [9.17, 15) is 9.59 Å². The molecule has 1 saturated heterocycles. The molecule has 0 bridgehead atoms. The van der Waals surface area contributed by atoms with Gasteiger partial charge in [0.05, 0.1) is 34.4 Å². The molecule has 202 valence electrons. The molecule has 0 unspecified atom stereocenters. The minimum Gasteiger partial charge on any atom is -0.493 e. The fourth-order valence-corrected chi connectivity index (χ4v) is 5.48. The van der Waals surface area contributed by atoms with E-state index in [1.54, 1.807) is 23.1 Å². The summed E-state index contributed by atoms with van der Waals surface area (Å²) in [6, 6.07) is 22.4. The molecule has 0 atom stereocenters. The first-order valence-electron chi connectivity index (χ1n) is 12.3. The quantitative estimate of drug-likeness (QED) is 0.156. The molecule has 10 heteroatoms. The Hall–Kier alpha value is -3.35. The van der Waals surface area contributed by atoms with Crippen molar-refractivity contribution in [2.24, 2.45) is 4.99 Å². The lowest BCUT2D eigenvalue weighted by atomic mass is 10.2. The van der Waals surface area contributed by atoms with Crippen molar-refractivity contribution in [1.82, 2.24) is 4.90 Å². The van der Waals surface area contributed by atoms with E-state index < -0.39 is 0 Å². The fourth-order valence-electron chi connectivity index (χ4n) is 3.67. The number of hydrogen-bond acceptors (Lipinski definition) is 7. The first-order chi connectivity index (χ1) is 19.0. The zero-order valence-electron chi connectivity index (χ0n) is 21.6. The lowest BCUT2D eigenvalue weighted by Crippen LogP contribution is -2.32. The molecule has 8 nitrogen and oxygen atoms in total. The number of para-hydroxylation sites is 2. The summed E-state index contributed by atoms with van der Waals surface area (Å²) >= 11 is 3.45. The van der Waals surface area contributed by atoms with Crippen LogP contribution in [0.5, 0.6) is 11.5 Å². The molecule has 39 heavy (non-hydrogen) atoms. The lowest BCUT2D eigenvalue weighted by molar-refractivity contribution is -0.122. The van der Waals surface area contributed by atoms with E-state index in [2.05, 4.69) is 27.9 Å². The summed E-state index contributed by atoms with van der Waals surface area (Å²) in [6.45, 7) is 3.14. The second-order valence-electron chi connectivity index (χ2n) is 8.23. The van der Waals surface area contributed by atoms with Gasteiger partial charge in [0.1, 0.15) is 0 Å². The van der Waals surface area contributed by atoms with Crippen molar-refractivity contribution in [1.29, 1.82) is 0 Å². The van der Waals surface area contributed by atoms with Gasteiger partial charge in [-0.15, -0.1) is 0 Å². The Labute approximate surface area is 245 Å². The molecule has 1 N–H and O–H groups in total. The lowest BCUT2D eigenvalue weighted by Gasteiger charge is -2.15. The van der Waals surface area contributed by atoms with Crippen LogP contribution in [0.1, 0.15) is 12.5 Å². The summed E-state index contributed by atoms with van der Waals surface area (Å²) in [5, 5.41) is 3.40. The number of halogens is 1. The van der Waals surface area contributed by atoms with Crippen LogP contribution in [0.3, 0.4) is 0 Å². The zero-order chi connectivity index (χ0) is 27.6. The Morgan fingerprint density at radius 2 is 1.82 bits per heavy atom. The van der Waals surface area contributed by atoms with Crippen LogP contribution < -0.4 is 14.8 Å². The predicted octanol–water partition coefficient (Wildman–Crippen LogP) is 5.96. The molecular weight excluding hydrogens is 629 g/mol. The number of rotatable bonds is 11. The summed E-state index contributed by atoms with van der Waals surface area (Å²) in [6.07, 6.45) is 1.81. The van der Waals surface area contributed by atoms with Crippen LogP contribution in [0.15, 0.2) is 82.7 Å². The molecule has 1 aliphatic rings.